The van der Waals surface area contributed by atoms with Gasteiger partial charge in [0.15, 0.2) is 0 Å². The fourth-order valence-electron chi connectivity index (χ4n) is 2.14. The van der Waals surface area contributed by atoms with Gasteiger partial charge in [-0.1, -0.05) is 26.0 Å². The van der Waals surface area contributed by atoms with Crippen molar-refractivity contribution in [3.8, 4) is 0 Å². The minimum absolute atomic E-state index is 0.0636. The van der Waals surface area contributed by atoms with Crippen LogP contribution in [0.25, 0.3) is 0 Å². The average molecular weight is 314 g/mol. The average Bonchev–Trinajstić information content (AvgIpc) is 2.56. The van der Waals surface area contributed by atoms with Crippen LogP contribution < -0.4 is 0 Å². The number of hydrogen-bond donors (Lipinski definition) is 2. The topological polar surface area (TPSA) is 93.1 Å². The third kappa shape index (κ3) is 5.77. The van der Waals surface area contributed by atoms with Crippen molar-refractivity contribution < 1.29 is 29.3 Å². The standard InChI is InChI=1S/C16H26O6/c1-3-11(17)9-21-15(19)13-7-5-6-8-14(13)16(20)22-10-12(18)4-2/h5-6,11-14,17-18H,3-4,7-10H2,1-2H3. The summed E-state index contributed by atoms with van der Waals surface area (Å²) >= 11 is 0. The van der Waals surface area contributed by atoms with E-state index in [4.69, 9.17) is 9.47 Å². The Morgan fingerprint density at radius 1 is 0.955 bits per heavy atom. The first-order valence-corrected chi connectivity index (χ1v) is 7.83. The van der Waals surface area contributed by atoms with Crippen LogP contribution >= 0.6 is 0 Å². The maximum absolute atomic E-state index is 12.1. The highest BCUT2D eigenvalue weighted by Crippen LogP contribution is 2.28. The molecule has 0 aromatic rings. The molecule has 0 fully saturated rings. The van der Waals surface area contributed by atoms with Crippen LogP contribution in [0.4, 0.5) is 0 Å². The molecule has 0 saturated heterocycles. The first kappa shape index (κ1) is 18.6. The van der Waals surface area contributed by atoms with Crippen molar-refractivity contribution in [2.75, 3.05) is 13.2 Å². The molecule has 0 aromatic heterocycles. The summed E-state index contributed by atoms with van der Waals surface area (Å²) in [7, 11) is 0. The molecule has 4 atom stereocenters. The zero-order valence-electron chi connectivity index (χ0n) is 13.2. The number of rotatable bonds is 8. The molecule has 0 aliphatic heterocycles. The van der Waals surface area contributed by atoms with Gasteiger partial charge in [0.1, 0.15) is 13.2 Å². The molecule has 4 unspecified atom stereocenters. The summed E-state index contributed by atoms with van der Waals surface area (Å²) in [6.07, 6.45) is 4.13. The molecule has 0 bridgehead atoms. The Hall–Kier alpha value is -1.40. The lowest BCUT2D eigenvalue weighted by atomic mass is 9.83. The molecule has 0 radical (unpaired) electrons. The van der Waals surface area contributed by atoms with Crippen LogP contribution in [0.1, 0.15) is 39.5 Å². The van der Waals surface area contributed by atoms with Gasteiger partial charge in [-0.25, -0.2) is 0 Å². The fourth-order valence-corrected chi connectivity index (χ4v) is 2.14. The lowest BCUT2D eigenvalue weighted by molar-refractivity contribution is -0.164. The smallest absolute Gasteiger partial charge is 0.310 e. The number of aliphatic hydroxyl groups is 2. The van der Waals surface area contributed by atoms with Crippen LogP contribution in [0.2, 0.25) is 0 Å². The first-order valence-electron chi connectivity index (χ1n) is 7.83. The van der Waals surface area contributed by atoms with Crippen molar-refractivity contribution in [2.24, 2.45) is 11.8 Å². The van der Waals surface area contributed by atoms with Crippen molar-refractivity contribution in [3.05, 3.63) is 12.2 Å². The van der Waals surface area contributed by atoms with E-state index >= 15 is 0 Å². The molecular weight excluding hydrogens is 288 g/mol. The summed E-state index contributed by atoms with van der Waals surface area (Å²) in [5.41, 5.74) is 0. The van der Waals surface area contributed by atoms with Crippen molar-refractivity contribution >= 4 is 11.9 Å². The molecule has 1 rings (SSSR count). The van der Waals surface area contributed by atoms with E-state index in [0.29, 0.717) is 25.7 Å². The summed E-state index contributed by atoms with van der Waals surface area (Å²) in [5.74, 6) is -2.18. The van der Waals surface area contributed by atoms with E-state index in [1.165, 1.54) is 0 Å². The Morgan fingerprint density at radius 2 is 1.32 bits per heavy atom. The third-order valence-electron chi connectivity index (χ3n) is 3.82. The highest BCUT2D eigenvalue weighted by Gasteiger charge is 2.36. The maximum Gasteiger partial charge on any atom is 0.310 e. The normalized spacial score (nSPS) is 23.6. The van der Waals surface area contributed by atoms with E-state index in [1.807, 2.05) is 12.2 Å². The van der Waals surface area contributed by atoms with E-state index in [9.17, 15) is 19.8 Å². The number of carbonyl (C=O) groups is 2. The molecule has 1 aliphatic carbocycles. The predicted molar refractivity (Wildman–Crippen MR) is 79.9 cm³/mol. The summed E-state index contributed by atoms with van der Waals surface area (Å²) in [5, 5.41) is 18.9. The van der Waals surface area contributed by atoms with Gasteiger partial charge in [-0.2, -0.15) is 0 Å². The van der Waals surface area contributed by atoms with E-state index in [1.54, 1.807) is 13.8 Å². The molecule has 126 valence electrons. The van der Waals surface area contributed by atoms with Gasteiger partial charge < -0.3 is 19.7 Å². The SMILES string of the molecule is CCC(O)COC(=O)C1CC=CCC1C(=O)OCC(O)CC. The number of hydrogen-bond acceptors (Lipinski definition) is 6. The van der Waals surface area contributed by atoms with Gasteiger partial charge in [0, 0.05) is 0 Å². The van der Waals surface area contributed by atoms with Crippen LogP contribution in [-0.2, 0) is 19.1 Å². The van der Waals surface area contributed by atoms with Crippen LogP contribution in [0.5, 0.6) is 0 Å². The zero-order chi connectivity index (χ0) is 16.5. The molecule has 6 nitrogen and oxygen atoms in total. The third-order valence-corrected chi connectivity index (χ3v) is 3.82. The summed E-state index contributed by atoms with van der Waals surface area (Å²) in [6, 6.07) is 0. The largest absolute Gasteiger partial charge is 0.463 e. The Labute approximate surface area is 131 Å². The quantitative estimate of drug-likeness (QED) is 0.516. The van der Waals surface area contributed by atoms with Crippen LogP contribution in [-0.4, -0.2) is 47.6 Å². The minimum Gasteiger partial charge on any atom is -0.463 e. The van der Waals surface area contributed by atoms with Crippen molar-refractivity contribution in [1.29, 1.82) is 0 Å². The predicted octanol–water partition coefficient (Wildman–Crippen LogP) is 1.20. The van der Waals surface area contributed by atoms with Gasteiger partial charge in [0.05, 0.1) is 24.0 Å². The lowest BCUT2D eigenvalue weighted by Gasteiger charge is -2.26. The van der Waals surface area contributed by atoms with Crippen LogP contribution in [0, 0.1) is 11.8 Å². The van der Waals surface area contributed by atoms with Crippen LogP contribution in [0.15, 0.2) is 12.2 Å². The second-order valence-electron chi connectivity index (χ2n) is 5.54. The van der Waals surface area contributed by atoms with Gasteiger partial charge in [-0.05, 0) is 25.7 Å². The van der Waals surface area contributed by atoms with Crippen molar-refractivity contribution in [3.63, 3.8) is 0 Å². The van der Waals surface area contributed by atoms with Gasteiger partial charge in [0.2, 0.25) is 0 Å². The Morgan fingerprint density at radius 3 is 1.64 bits per heavy atom. The molecule has 0 heterocycles. The van der Waals surface area contributed by atoms with E-state index in [-0.39, 0.29) is 13.2 Å². The van der Waals surface area contributed by atoms with E-state index in [0.717, 1.165) is 0 Å². The van der Waals surface area contributed by atoms with Crippen molar-refractivity contribution in [1.82, 2.24) is 0 Å². The highest BCUT2D eigenvalue weighted by molar-refractivity contribution is 5.82. The molecule has 0 spiro atoms. The molecule has 0 amide bonds. The Bertz CT molecular complexity index is 356. The molecule has 0 saturated carbocycles. The van der Waals surface area contributed by atoms with Gasteiger partial charge in [0.25, 0.3) is 0 Å². The van der Waals surface area contributed by atoms with E-state index in [2.05, 4.69) is 0 Å². The van der Waals surface area contributed by atoms with Gasteiger partial charge in [-0.15, -0.1) is 0 Å². The maximum atomic E-state index is 12.1. The monoisotopic (exact) mass is 314 g/mol. The lowest BCUT2D eigenvalue weighted by Crippen LogP contribution is -2.35. The van der Waals surface area contributed by atoms with E-state index < -0.39 is 36.0 Å². The minimum atomic E-state index is -0.687. The van der Waals surface area contributed by atoms with Crippen molar-refractivity contribution in [2.45, 2.75) is 51.7 Å². The molecule has 6 heteroatoms. The second kappa shape index (κ2) is 9.58. The summed E-state index contributed by atoms with van der Waals surface area (Å²) in [6.45, 7) is 3.46. The molecule has 1 aliphatic rings. The first-order chi connectivity index (χ1) is 10.5. The number of ether oxygens (including phenoxy) is 2. The highest BCUT2D eigenvalue weighted by atomic mass is 16.5. The number of carbonyl (C=O) groups excluding carboxylic acids is 2. The second-order valence-corrected chi connectivity index (χ2v) is 5.54. The summed E-state index contributed by atoms with van der Waals surface area (Å²) < 4.78 is 10.2. The Balaban J connectivity index is 2.57. The number of allylic oxidation sites excluding steroid dienone is 2. The molecule has 0 aromatic carbocycles. The Kier molecular flexibility index (Phi) is 8.12. The van der Waals surface area contributed by atoms with Gasteiger partial charge in [-0.3, -0.25) is 9.59 Å². The van der Waals surface area contributed by atoms with Crippen LogP contribution in [0.3, 0.4) is 0 Å². The van der Waals surface area contributed by atoms with Gasteiger partial charge >= 0.3 is 11.9 Å². The molecular formula is C16H26O6. The number of esters is 2. The zero-order valence-corrected chi connectivity index (χ0v) is 13.2. The fraction of sp³-hybridized carbons (Fsp3) is 0.750. The molecule has 2 N–H and O–H groups in total. The molecule has 22 heavy (non-hydrogen) atoms. The number of aliphatic hydroxyl groups excluding tert-OH is 2. The summed E-state index contributed by atoms with van der Waals surface area (Å²) in [4.78, 5) is 24.2.